The Bertz CT molecular complexity index is 645. The number of rotatable bonds is 9. The molecule has 0 spiro atoms. The monoisotopic (exact) mass is 431 g/mol. The number of likely N-dealkylation sites (N-methyl/N-ethyl adjacent to an activating group) is 1. The lowest BCUT2D eigenvalue weighted by atomic mass is 9.60. The van der Waals surface area contributed by atoms with Crippen LogP contribution in [0, 0.1) is 29.6 Å². The largest absolute Gasteiger partial charge is 0.396 e. The van der Waals surface area contributed by atoms with Crippen LogP contribution in [-0.4, -0.2) is 41.1 Å². The number of carbonyl (C=O) groups is 1. The first-order valence-electron chi connectivity index (χ1n) is 13.3. The Hall–Kier alpha value is -1.10. The number of guanidine groups is 1. The summed E-state index contributed by atoms with van der Waals surface area (Å²) in [5.41, 5.74) is 5.57. The van der Waals surface area contributed by atoms with Gasteiger partial charge >= 0.3 is 0 Å². The molecule has 31 heavy (non-hydrogen) atoms. The molecule has 3 fully saturated rings. The Morgan fingerprint density at radius 2 is 1.81 bits per heavy atom. The van der Waals surface area contributed by atoms with E-state index in [9.17, 15) is 9.90 Å². The molecular weight excluding hydrogens is 386 g/mol. The first kappa shape index (κ1) is 23.1. The van der Waals surface area contributed by atoms with Crippen LogP contribution in [0.4, 0.5) is 0 Å². The normalized spacial score (nSPS) is 37.0. The van der Waals surface area contributed by atoms with Crippen LogP contribution in [0.5, 0.6) is 0 Å². The molecule has 5 heteroatoms. The van der Waals surface area contributed by atoms with E-state index in [0.29, 0.717) is 18.5 Å². The molecule has 3 saturated carbocycles. The summed E-state index contributed by atoms with van der Waals surface area (Å²) in [5, 5.41) is 9.22. The number of nitrogens with two attached hydrogens (primary N) is 1. The lowest BCUT2D eigenvalue weighted by Crippen LogP contribution is -2.44. The van der Waals surface area contributed by atoms with Gasteiger partial charge < -0.3 is 10.8 Å². The molecule has 1 amide bonds. The topological polar surface area (TPSA) is 78.9 Å². The van der Waals surface area contributed by atoms with E-state index >= 15 is 0 Å². The number of hydrogen-bond acceptors (Lipinski definition) is 4. The Kier molecular flexibility index (Phi) is 7.61. The van der Waals surface area contributed by atoms with Crippen molar-refractivity contribution in [2.75, 3.05) is 13.7 Å². The highest BCUT2D eigenvalue weighted by atomic mass is 16.3. The Morgan fingerprint density at radius 1 is 1.03 bits per heavy atom. The molecular formula is C26H45N3O2. The van der Waals surface area contributed by atoms with E-state index < -0.39 is 5.54 Å². The highest BCUT2D eigenvalue weighted by Gasteiger charge is 2.48. The summed E-state index contributed by atoms with van der Waals surface area (Å²) >= 11 is 0. The Morgan fingerprint density at radius 3 is 2.45 bits per heavy atom. The van der Waals surface area contributed by atoms with Crippen LogP contribution in [0.2, 0.25) is 0 Å². The van der Waals surface area contributed by atoms with Crippen molar-refractivity contribution >= 4 is 11.9 Å². The van der Waals surface area contributed by atoms with E-state index in [-0.39, 0.29) is 5.91 Å². The molecule has 5 nitrogen and oxygen atoms in total. The second-order valence-corrected chi connectivity index (χ2v) is 11.3. The van der Waals surface area contributed by atoms with Crippen molar-refractivity contribution in [2.45, 2.75) is 108 Å². The van der Waals surface area contributed by atoms with Crippen LogP contribution in [0.3, 0.4) is 0 Å². The molecule has 2 unspecified atom stereocenters. The predicted octanol–water partition coefficient (Wildman–Crippen LogP) is 4.87. The fourth-order valence-corrected chi connectivity index (χ4v) is 7.39. The minimum atomic E-state index is -0.598. The molecule has 0 saturated heterocycles. The summed E-state index contributed by atoms with van der Waals surface area (Å²) in [4.78, 5) is 19.8. The van der Waals surface area contributed by atoms with Crippen molar-refractivity contribution in [1.29, 1.82) is 0 Å². The SMILES string of the molecule is CN1C(=O)[C@@](CCC2CCCCC2)(C[C@H]2CCC[C@@H](C3CCC3CCCO)C2)N=C1N. The number of aliphatic imine (C=N–C) groups is 1. The molecule has 0 bridgehead atoms. The highest BCUT2D eigenvalue weighted by Crippen LogP contribution is 2.50. The lowest BCUT2D eigenvalue weighted by molar-refractivity contribution is -0.131. The van der Waals surface area contributed by atoms with Gasteiger partial charge in [0.25, 0.3) is 5.91 Å². The molecule has 0 aromatic heterocycles. The second-order valence-electron chi connectivity index (χ2n) is 11.3. The summed E-state index contributed by atoms with van der Waals surface area (Å²) in [6.45, 7) is 0.328. The fourth-order valence-electron chi connectivity index (χ4n) is 7.39. The number of nitrogens with zero attached hydrogens (tertiary/aromatic N) is 2. The quantitative estimate of drug-likeness (QED) is 0.547. The maximum absolute atomic E-state index is 13.3. The van der Waals surface area contributed by atoms with Gasteiger partial charge in [0, 0.05) is 13.7 Å². The van der Waals surface area contributed by atoms with Crippen LogP contribution in [0.15, 0.2) is 4.99 Å². The van der Waals surface area contributed by atoms with E-state index in [1.807, 2.05) is 0 Å². The standard InChI is InChI=1S/C26H45N3O2/c1-29-24(31)26(28-25(29)27,15-14-19-7-3-2-4-8-19)18-20-9-5-10-22(17-20)23-13-12-21(23)11-6-16-30/h19-23,30H,2-18H2,1H3,(H2,27,28)/t20-,21?,22+,23?,26+/m0/s1. The lowest BCUT2D eigenvalue weighted by Gasteiger charge is -2.46. The first-order chi connectivity index (χ1) is 15.0. The maximum Gasteiger partial charge on any atom is 0.257 e. The third-order valence-electron chi connectivity index (χ3n) is 9.33. The predicted molar refractivity (Wildman–Crippen MR) is 126 cm³/mol. The first-order valence-corrected chi connectivity index (χ1v) is 13.3. The molecule has 5 atom stereocenters. The molecule has 1 aliphatic heterocycles. The summed E-state index contributed by atoms with van der Waals surface area (Å²) in [5.74, 6) is 4.41. The third-order valence-corrected chi connectivity index (χ3v) is 9.33. The molecule has 3 N–H and O–H groups in total. The van der Waals surface area contributed by atoms with Crippen LogP contribution in [0.1, 0.15) is 103 Å². The molecule has 4 rings (SSSR count). The van der Waals surface area contributed by atoms with Crippen molar-refractivity contribution < 1.29 is 9.90 Å². The van der Waals surface area contributed by atoms with Crippen molar-refractivity contribution in [1.82, 2.24) is 4.90 Å². The minimum absolute atomic E-state index is 0.146. The third kappa shape index (κ3) is 5.12. The zero-order valence-electron chi connectivity index (χ0n) is 19.7. The molecule has 0 aromatic rings. The van der Waals surface area contributed by atoms with Gasteiger partial charge in [-0.15, -0.1) is 0 Å². The summed E-state index contributed by atoms with van der Waals surface area (Å²) in [6, 6.07) is 0. The number of carbonyl (C=O) groups excluding carboxylic acids is 1. The number of aliphatic hydroxyl groups is 1. The van der Waals surface area contributed by atoms with E-state index in [1.165, 1.54) is 77.0 Å². The van der Waals surface area contributed by atoms with Gasteiger partial charge in [0.1, 0.15) is 5.54 Å². The summed E-state index contributed by atoms with van der Waals surface area (Å²) in [7, 11) is 1.80. The Balaban J connectivity index is 1.40. The molecule has 1 heterocycles. The van der Waals surface area contributed by atoms with Crippen molar-refractivity contribution in [2.24, 2.45) is 40.3 Å². The second kappa shape index (κ2) is 10.2. The van der Waals surface area contributed by atoms with Crippen molar-refractivity contribution in [3.05, 3.63) is 0 Å². The van der Waals surface area contributed by atoms with Gasteiger partial charge in [-0.3, -0.25) is 9.69 Å². The minimum Gasteiger partial charge on any atom is -0.396 e. The Labute approximate surface area is 189 Å². The molecule has 176 valence electrons. The number of amides is 1. The summed E-state index contributed by atoms with van der Waals surface area (Å²) < 4.78 is 0. The van der Waals surface area contributed by atoms with Gasteiger partial charge in [0.05, 0.1) is 0 Å². The van der Waals surface area contributed by atoms with Crippen LogP contribution >= 0.6 is 0 Å². The summed E-state index contributed by atoms with van der Waals surface area (Å²) in [6.07, 6.45) is 19.6. The van der Waals surface area contributed by atoms with Crippen molar-refractivity contribution in [3.8, 4) is 0 Å². The average Bonchev–Trinajstić information content (AvgIpc) is 2.96. The van der Waals surface area contributed by atoms with E-state index in [4.69, 9.17) is 10.7 Å². The van der Waals surface area contributed by atoms with E-state index in [0.717, 1.165) is 49.4 Å². The average molecular weight is 432 g/mol. The maximum atomic E-state index is 13.3. The van der Waals surface area contributed by atoms with E-state index in [2.05, 4.69) is 0 Å². The van der Waals surface area contributed by atoms with E-state index in [1.54, 1.807) is 11.9 Å². The van der Waals surface area contributed by atoms with Crippen molar-refractivity contribution in [3.63, 3.8) is 0 Å². The fraction of sp³-hybridized carbons (Fsp3) is 0.923. The number of hydrogen-bond donors (Lipinski definition) is 2. The van der Waals surface area contributed by atoms with Gasteiger partial charge in [-0.2, -0.15) is 0 Å². The van der Waals surface area contributed by atoms with Crippen LogP contribution < -0.4 is 5.73 Å². The molecule has 0 radical (unpaired) electrons. The van der Waals surface area contributed by atoms with Crippen LogP contribution in [-0.2, 0) is 4.79 Å². The highest BCUT2D eigenvalue weighted by molar-refractivity contribution is 6.06. The molecule has 4 aliphatic rings. The molecule has 3 aliphatic carbocycles. The number of aliphatic hydroxyl groups excluding tert-OH is 1. The van der Waals surface area contributed by atoms with Crippen LogP contribution in [0.25, 0.3) is 0 Å². The molecule has 0 aromatic carbocycles. The smallest absolute Gasteiger partial charge is 0.257 e. The van der Waals surface area contributed by atoms with Gasteiger partial charge in [-0.1, -0.05) is 51.4 Å². The van der Waals surface area contributed by atoms with Gasteiger partial charge in [0.15, 0.2) is 5.96 Å². The zero-order chi connectivity index (χ0) is 21.8. The van der Waals surface area contributed by atoms with Gasteiger partial charge in [-0.25, -0.2) is 4.99 Å². The van der Waals surface area contributed by atoms with Gasteiger partial charge in [0.2, 0.25) is 0 Å². The zero-order valence-corrected chi connectivity index (χ0v) is 19.7. The van der Waals surface area contributed by atoms with Gasteiger partial charge in [-0.05, 0) is 81.0 Å².